The minimum absolute atomic E-state index is 0.152. The van der Waals surface area contributed by atoms with E-state index < -0.39 is 0 Å². The third-order valence-electron chi connectivity index (χ3n) is 2.92. The van der Waals surface area contributed by atoms with E-state index in [0.29, 0.717) is 5.16 Å². The Morgan fingerprint density at radius 1 is 1.18 bits per heavy atom. The first-order valence-electron chi connectivity index (χ1n) is 6.50. The number of thioether (sulfide) groups is 1. The maximum absolute atomic E-state index is 12.0. The number of benzene rings is 1. The number of nitrogen functional groups attached to an aromatic ring is 2. The summed E-state index contributed by atoms with van der Waals surface area (Å²) in [4.78, 5) is 23.1. The Kier molecular flexibility index (Phi) is 3.84. The Balaban J connectivity index is 1.62. The van der Waals surface area contributed by atoms with E-state index in [2.05, 4.69) is 20.3 Å². The lowest BCUT2D eigenvalue weighted by atomic mass is 10.2. The minimum atomic E-state index is -0.152. The first-order valence-corrected chi connectivity index (χ1v) is 7.48. The van der Waals surface area contributed by atoms with Gasteiger partial charge >= 0.3 is 0 Å². The first-order chi connectivity index (χ1) is 10.6. The van der Waals surface area contributed by atoms with Crippen LogP contribution < -0.4 is 16.8 Å². The lowest BCUT2D eigenvalue weighted by Crippen LogP contribution is -2.14. The highest BCUT2D eigenvalue weighted by atomic mass is 32.2. The number of aromatic amines is 1. The van der Waals surface area contributed by atoms with Crippen LogP contribution in [0.5, 0.6) is 0 Å². The molecule has 0 unspecified atom stereocenters. The molecule has 0 spiro atoms. The van der Waals surface area contributed by atoms with Crippen LogP contribution in [0.1, 0.15) is 0 Å². The van der Waals surface area contributed by atoms with Crippen LogP contribution in [-0.2, 0) is 4.79 Å². The number of fused-ring (bicyclic) bond motifs is 1. The zero-order valence-electron chi connectivity index (χ0n) is 11.5. The van der Waals surface area contributed by atoms with E-state index in [4.69, 9.17) is 11.5 Å². The molecule has 6 N–H and O–H groups in total. The molecule has 3 aromatic rings. The van der Waals surface area contributed by atoms with Crippen molar-refractivity contribution in [3.8, 4) is 0 Å². The highest BCUT2D eigenvalue weighted by molar-refractivity contribution is 7.99. The van der Waals surface area contributed by atoms with Crippen LogP contribution in [-0.4, -0.2) is 26.6 Å². The second-order valence-corrected chi connectivity index (χ2v) is 5.56. The number of amides is 1. The predicted molar refractivity (Wildman–Crippen MR) is 88.5 cm³/mol. The Morgan fingerprint density at radius 3 is 2.73 bits per heavy atom. The Labute approximate surface area is 130 Å². The predicted octanol–water partition coefficient (Wildman–Crippen LogP) is 1.85. The summed E-state index contributed by atoms with van der Waals surface area (Å²) in [6.07, 6.45) is 1.85. The average molecular weight is 314 g/mol. The molecule has 0 aliphatic heterocycles. The monoisotopic (exact) mass is 314 g/mol. The maximum atomic E-state index is 12.0. The molecule has 7 nitrogen and oxygen atoms in total. The van der Waals surface area contributed by atoms with Gasteiger partial charge in [0.25, 0.3) is 0 Å². The van der Waals surface area contributed by atoms with E-state index in [1.165, 1.54) is 17.8 Å². The first kappa shape index (κ1) is 14.2. The van der Waals surface area contributed by atoms with Crippen LogP contribution in [0, 0.1) is 0 Å². The van der Waals surface area contributed by atoms with Gasteiger partial charge in [-0.05, 0) is 23.6 Å². The van der Waals surface area contributed by atoms with Gasteiger partial charge in [-0.1, -0.05) is 17.8 Å². The number of nitrogens with two attached hydrogens (primary N) is 2. The van der Waals surface area contributed by atoms with Crippen molar-refractivity contribution in [1.29, 1.82) is 0 Å². The van der Waals surface area contributed by atoms with Crippen LogP contribution in [0.25, 0.3) is 10.9 Å². The molecule has 22 heavy (non-hydrogen) atoms. The van der Waals surface area contributed by atoms with Gasteiger partial charge in [0, 0.05) is 23.5 Å². The number of hydrogen-bond donors (Lipinski definition) is 4. The normalized spacial score (nSPS) is 10.7. The van der Waals surface area contributed by atoms with Crippen LogP contribution in [0.15, 0.2) is 41.7 Å². The summed E-state index contributed by atoms with van der Waals surface area (Å²) in [5.74, 6) is 0.590. The molecule has 8 heteroatoms. The number of anilines is 3. The van der Waals surface area contributed by atoms with Gasteiger partial charge < -0.3 is 21.8 Å². The molecule has 0 saturated carbocycles. The van der Waals surface area contributed by atoms with Crippen molar-refractivity contribution in [2.75, 3.05) is 22.5 Å². The van der Waals surface area contributed by atoms with Crippen molar-refractivity contribution in [2.45, 2.75) is 5.16 Å². The summed E-state index contributed by atoms with van der Waals surface area (Å²) in [6.45, 7) is 0. The van der Waals surface area contributed by atoms with Crippen LogP contribution >= 0.6 is 11.8 Å². The quantitative estimate of drug-likeness (QED) is 0.430. The van der Waals surface area contributed by atoms with Gasteiger partial charge in [0.05, 0.1) is 5.75 Å². The van der Waals surface area contributed by atoms with Gasteiger partial charge in [0.2, 0.25) is 5.91 Å². The Bertz CT molecular complexity index is 811. The van der Waals surface area contributed by atoms with E-state index in [0.717, 1.165) is 16.6 Å². The molecule has 0 radical (unpaired) electrons. The number of carbonyl (C=O) groups is 1. The number of rotatable bonds is 4. The molecular formula is C14H14N6OS. The summed E-state index contributed by atoms with van der Waals surface area (Å²) in [5.41, 5.74) is 12.9. The van der Waals surface area contributed by atoms with E-state index in [-0.39, 0.29) is 23.3 Å². The van der Waals surface area contributed by atoms with Crippen molar-refractivity contribution in [3.05, 3.63) is 36.5 Å². The van der Waals surface area contributed by atoms with E-state index in [9.17, 15) is 4.79 Å². The molecule has 0 aliphatic rings. The van der Waals surface area contributed by atoms with Gasteiger partial charge in [-0.25, -0.2) is 9.97 Å². The topological polar surface area (TPSA) is 123 Å². The van der Waals surface area contributed by atoms with Crippen molar-refractivity contribution in [2.24, 2.45) is 0 Å². The van der Waals surface area contributed by atoms with Gasteiger partial charge in [-0.15, -0.1) is 0 Å². The Morgan fingerprint density at radius 2 is 1.95 bits per heavy atom. The van der Waals surface area contributed by atoms with Gasteiger partial charge in [-0.3, -0.25) is 4.79 Å². The van der Waals surface area contributed by atoms with Gasteiger partial charge in [-0.2, -0.15) is 0 Å². The molecule has 0 atom stereocenters. The van der Waals surface area contributed by atoms with Gasteiger partial charge in [0.1, 0.15) is 11.6 Å². The average Bonchev–Trinajstić information content (AvgIpc) is 2.92. The molecule has 112 valence electrons. The molecule has 0 fully saturated rings. The smallest absolute Gasteiger partial charge is 0.234 e. The van der Waals surface area contributed by atoms with Crippen LogP contribution in [0.3, 0.4) is 0 Å². The SMILES string of the molecule is Nc1cc(N)nc(SCC(=O)Nc2ccc3cc[nH]c3c2)n1. The Hall–Kier alpha value is -2.74. The molecule has 3 rings (SSSR count). The largest absolute Gasteiger partial charge is 0.383 e. The maximum Gasteiger partial charge on any atom is 0.234 e. The van der Waals surface area contributed by atoms with Crippen LogP contribution in [0.4, 0.5) is 17.3 Å². The molecule has 0 saturated heterocycles. The second-order valence-electron chi connectivity index (χ2n) is 4.62. The number of hydrogen-bond acceptors (Lipinski definition) is 6. The molecule has 0 aliphatic carbocycles. The van der Waals surface area contributed by atoms with Gasteiger partial charge in [0.15, 0.2) is 5.16 Å². The molecular weight excluding hydrogens is 300 g/mol. The van der Waals surface area contributed by atoms with Crippen molar-refractivity contribution >= 4 is 45.9 Å². The van der Waals surface area contributed by atoms with Crippen molar-refractivity contribution < 1.29 is 4.79 Å². The third kappa shape index (κ3) is 3.29. The lowest BCUT2D eigenvalue weighted by molar-refractivity contribution is -0.113. The molecule has 2 heterocycles. The highest BCUT2D eigenvalue weighted by Crippen LogP contribution is 2.19. The van der Waals surface area contributed by atoms with Crippen molar-refractivity contribution in [3.63, 3.8) is 0 Å². The molecule has 1 amide bonds. The second kappa shape index (κ2) is 5.94. The highest BCUT2D eigenvalue weighted by Gasteiger charge is 2.07. The zero-order chi connectivity index (χ0) is 15.5. The molecule has 0 bridgehead atoms. The van der Waals surface area contributed by atoms with E-state index in [1.807, 2.05) is 30.5 Å². The molecule has 2 aromatic heterocycles. The fourth-order valence-electron chi connectivity index (χ4n) is 1.98. The number of H-pyrrole nitrogens is 1. The standard InChI is InChI=1S/C14H14N6OS/c15-11-6-12(16)20-14(19-11)22-7-13(21)18-9-2-1-8-3-4-17-10(8)5-9/h1-6,17H,7H2,(H,18,21)(H4,15,16,19,20). The number of aromatic nitrogens is 3. The summed E-state index contributed by atoms with van der Waals surface area (Å²) in [6, 6.07) is 9.12. The third-order valence-corrected chi connectivity index (χ3v) is 3.76. The number of carbonyl (C=O) groups excluding carboxylic acids is 1. The van der Waals surface area contributed by atoms with E-state index in [1.54, 1.807) is 0 Å². The fraction of sp³-hybridized carbons (Fsp3) is 0.0714. The van der Waals surface area contributed by atoms with E-state index >= 15 is 0 Å². The van der Waals surface area contributed by atoms with Crippen LogP contribution in [0.2, 0.25) is 0 Å². The number of nitrogens with zero attached hydrogens (tertiary/aromatic N) is 2. The summed E-state index contributed by atoms with van der Waals surface area (Å²) >= 11 is 1.18. The van der Waals surface area contributed by atoms with Crippen molar-refractivity contribution in [1.82, 2.24) is 15.0 Å². The minimum Gasteiger partial charge on any atom is -0.383 e. The number of nitrogens with one attached hydrogen (secondary N) is 2. The summed E-state index contributed by atoms with van der Waals surface area (Å²) in [5, 5.41) is 4.30. The lowest BCUT2D eigenvalue weighted by Gasteiger charge is -2.05. The molecule has 1 aromatic carbocycles. The summed E-state index contributed by atoms with van der Waals surface area (Å²) < 4.78 is 0. The summed E-state index contributed by atoms with van der Waals surface area (Å²) in [7, 11) is 0. The zero-order valence-corrected chi connectivity index (χ0v) is 12.4. The fourth-order valence-corrected chi connectivity index (χ4v) is 2.65.